The van der Waals surface area contributed by atoms with E-state index in [1.807, 2.05) is 0 Å². The third-order valence-electron chi connectivity index (χ3n) is 2.12. The Morgan fingerprint density at radius 1 is 1.21 bits per heavy atom. The van der Waals surface area contributed by atoms with E-state index in [0.29, 0.717) is 11.2 Å². The largest absolute Gasteiger partial charge is 0.363 e. The van der Waals surface area contributed by atoms with Gasteiger partial charge in [-0.15, -0.1) is 10.2 Å². The molecule has 2 aromatic rings. The van der Waals surface area contributed by atoms with Crippen molar-refractivity contribution >= 4 is 28.1 Å². The molecule has 1 amide bonds. The van der Waals surface area contributed by atoms with Gasteiger partial charge in [-0.1, -0.05) is 11.3 Å². The van der Waals surface area contributed by atoms with Gasteiger partial charge >= 0.3 is 0 Å². The highest BCUT2D eigenvalue weighted by Crippen LogP contribution is 2.21. The number of aromatic nitrogens is 2. The minimum absolute atomic E-state index is 0.0338. The topological polar surface area (TPSA) is 66.9 Å². The monoisotopic (exact) mass is 288 g/mol. The summed E-state index contributed by atoms with van der Waals surface area (Å²) in [6.45, 7) is 0. The lowest BCUT2D eigenvalue weighted by Gasteiger charge is -2.05. The Labute approximate surface area is 109 Å². The second-order valence-electron chi connectivity index (χ2n) is 3.34. The van der Waals surface area contributed by atoms with Gasteiger partial charge in [0.2, 0.25) is 10.1 Å². The van der Waals surface area contributed by atoms with E-state index in [4.69, 9.17) is 0 Å². The first-order valence-corrected chi connectivity index (χ1v) is 5.80. The smallest absolute Gasteiger partial charge is 0.286 e. The second-order valence-corrected chi connectivity index (χ2v) is 4.32. The highest BCUT2D eigenvalue weighted by atomic mass is 32.1. The van der Waals surface area contributed by atoms with E-state index < -0.39 is 29.0 Å². The fourth-order valence-corrected chi connectivity index (χ4v) is 1.81. The van der Waals surface area contributed by atoms with E-state index >= 15 is 0 Å². The second kappa shape index (κ2) is 5.22. The Morgan fingerprint density at radius 2 is 1.95 bits per heavy atom. The Kier molecular flexibility index (Phi) is 3.65. The fraction of sp³-hybridized carbons (Fsp3) is 0.100. The summed E-state index contributed by atoms with van der Waals surface area (Å²) >= 11 is 0.938. The summed E-state index contributed by atoms with van der Waals surface area (Å²) in [6.07, 6.45) is 0. The number of hydrogen-bond donors (Lipinski definition) is 2. The maximum absolute atomic E-state index is 13.3. The molecule has 1 heterocycles. The number of nitrogens with one attached hydrogen (secondary N) is 2. The predicted octanol–water partition coefficient (Wildman–Crippen LogP) is 2.25. The number of carbonyl (C=O) groups is 1. The van der Waals surface area contributed by atoms with Crippen LogP contribution >= 0.6 is 11.3 Å². The molecule has 0 atom stereocenters. The molecule has 0 radical (unpaired) electrons. The molecule has 1 aromatic carbocycles. The first kappa shape index (κ1) is 13.3. The van der Waals surface area contributed by atoms with Gasteiger partial charge in [0.1, 0.15) is 0 Å². The van der Waals surface area contributed by atoms with Gasteiger partial charge in [0.25, 0.3) is 5.91 Å². The Bertz CT molecular complexity index is 631. The molecule has 100 valence electrons. The number of anilines is 2. The molecular formula is C10H7F3N4OS. The van der Waals surface area contributed by atoms with Crippen LogP contribution in [0.4, 0.5) is 24.0 Å². The van der Waals surface area contributed by atoms with Gasteiger partial charge in [0, 0.05) is 7.05 Å². The van der Waals surface area contributed by atoms with E-state index in [9.17, 15) is 18.0 Å². The molecule has 0 spiro atoms. The molecule has 0 aliphatic carbocycles. The van der Waals surface area contributed by atoms with Gasteiger partial charge in [-0.25, -0.2) is 13.2 Å². The van der Waals surface area contributed by atoms with Crippen molar-refractivity contribution in [2.75, 3.05) is 17.7 Å². The molecule has 19 heavy (non-hydrogen) atoms. The zero-order chi connectivity index (χ0) is 14.0. The van der Waals surface area contributed by atoms with Crippen molar-refractivity contribution in [2.24, 2.45) is 0 Å². The summed E-state index contributed by atoms with van der Waals surface area (Å²) in [5.41, 5.74) is -0.467. The molecule has 1 aromatic heterocycles. The van der Waals surface area contributed by atoms with Gasteiger partial charge < -0.3 is 10.6 Å². The molecule has 0 saturated heterocycles. The van der Waals surface area contributed by atoms with E-state index in [-0.39, 0.29) is 5.01 Å². The first-order valence-electron chi connectivity index (χ1n) is 4.99. The minimum atomic E-state index is -1.65. The number of carbonyl (C=O) groups excluding carboxylic acids is 1. The van der Waals surface area contributed by atoms with E-state index in [1.165, 1.54) is 0 Å². The van der Waals surface area contributed by atoms with Crippen molar-refractivity contribution < 1.29 is 18.0 Å². The zero-order valence-corrected chi connectivity index (χ0v) is 10.3. The van der Waals surface area contributed by atoms with Crippen LogP contribution in [0.5, 0.6) is 0 Å². The Balaban J connectivity index is 2.21. The van der Waals surface area contributed by atoms with Crippen molar-refractivity contribution in [3.8, 4) is 0 Å². The van der Waals surface area contributed by atoms with E-state index in [0.717, 1.165) is 17.4 Å². The number of amides is 1. The predicted molar refractivity (Wildman–Crippen MR) is 63.7 cm³/mol. The maximum Gasteiger partial charge on any atom is 0.286 e. The molecule has 0 aliphatic rings. The standard InChI is InChI=1S/C10H7F3N4OS/c1-14-10-17-16-9(19-10)8(18)15-5-3-2-4(11)6(12)7(5)13/h2-3H,1H3,(H,14,17)(H,15,18). The van der Waals surface area contributed by atoms with Crippen molar-refractivity contribution in [1.82, 2.24) is 10.2 Å². The molecule has 5 nitrogen and oxygen atoms in total. The van der Waals surface area contributed by atoms with E-state index in [1.54, 1.807) is 7.05 Å². The van der Waals surface area contributed by atoms with Crippen molar-refractivity contribution in [3.63, 3.8) is 0 Å². The van der Waals surface area contributed by atoms with Crippen LogP contribution in [0.2, 0.25) is 0 Å². The van der Waals surface area contributed by atoms with Gasteiger partial charge in [-0.2, -0.15) is 0 Å². The molecule has 0 saturated carbocycles. The SMILES string of the molecule is CNc1nnc(C(=O)Nc2ccc(F)c(F)c2F)s1. The summed E-state index contributed by atoms with van der Waals surface area (Å²) in [4.78, 5) is 11.7. The Morgan fingerprint density at radius 3 is 2.58 bits per heavy atom. The lowest BCUT2D eigenvalue weighted by molar-refractivity contribution is 0.102. The zero-order valence-electron chi connectivity index (χ0n) is 9.50. The molecule has 0 bridgehead atoms. The van der Waals surface area contributed by atoms with Crippen LogP contribution in [0.3, 0.4) is 0 Å². The molecule has 2 N–H and O–H groups in total. The lowest BCUT2D eigenvalue weighted by Crippen LogP contribution is -2.13. The number of rotatable bonds is 3. The van der Waals surface area contributed by atoms with Crippen LogP contribution < -0.4 is 10.6 Å². The molecule has 9 heteroatoms. The summed E-state index contributed by atoms with van der Waals surface area (Å²) in [5.74, 6) is -5.20. The maximum atomic E-state index is 13.3. The van der Waals surface area contributed by atoms with Crippen LogP contribution in [0.1, 0.15) is 9.80 Å². The molecule has 0 aliphatic heterocycles. The summed E-state index contributed by atoms with van der Waals surface area (Å²) in [6, 6.07) is 1.64. The summed E-state index contributed by atoms with van der Waals surface area (Å²) in [7, 11) is 1.59. The highest BCUT2D eigenvalue weighted by Gasteiger charge is 2.18. The summed E-state index contributed by atoms with van der Waals surface area (Å²) in [5, 5.41) is 12.3. The van der Waals surface area contributed by atoms with E-state index in [2.05, 4.69) is 20.8 Å². The third-order valence-corrected chi connectivity index (χ3v) is 3.06. The van der Waals surface area contributed by atoms with Gasteiger partial charge in [-0.05, 0) is 12.1 Å². The van der Waals surface area contributed by atoms with Crippen LogP contribution in [-0.4, -0.2) is 23.2 Å². The molecule has 2 rings (SSSR count). The van der Waals surface area contributed by atoms with Crippen LogP contribution in [0.25, 0.3) is 0 Å². The highest BCUT2D eigenvalue weighted by molar-refractivity contribution is 7.17. The van der Waals surface area contributed by atoms with Crippen LogP contribution in [0, 0.1) is 17.5 Å². The average Bonchev–Trinajstić information content (AvgIpc) is 2.88. The first-order chi connectivity index (χ1) is 9.02. The molecular weight excluding hydrogens is 281 g/mol. The number of halogens is 3. The average molecular weight is 288 g/mol. The molecule has 0 fully saturated rings. The summed E-state index contributed by atoms with van der Waals surface area (Å²) < 4.78 is 39.0. The van der Waals surface area contributed by atoms with Crippen LogP contribution in [0.15, 0.2) is 12.1 Å². The lowest BCUT2D eigenvalue weighted by atomic mass is 10.3. The van der Waals surface area contributed by atoms with Crippen molar-refractivity contribution in [1.29, 1.82) is 0 Å². The van der Waals surface area contributed by atoms with Crippen molar-refractivity contribution in [2.45, 2.75) is 0 Å². The van der Waals surface area contributed by atoms with Crippen LogP contribution in [-0.2, 0) is 0 Å². The number of nitrogens with zero attached hydrogens (tertiary/aromatic N) is 2. The van der Waals surface area contributed by atoms with Crippen molar-refractivity contribution in [3.05, 3.63) is 34.6 Å². The Hall–Kier alpha value is -2.16. The normalized spacial score (nSPS) is 10.3. The molecule has 0 unspecified atom stereocenters. The quantitative estimate of drug-likeness (QED) is 0.850. The van der Waals surface area contributed by atoms with Gasteiger partial charge in [0.05, 0.1) is 5.69 Å². The van der Waals surface area contributed by atoms with Gasteiger partial charge in [0.15, 0.2) is 17.5 Å². The van der Waals surface area contributed by atoms with Gasteiger partial charge in [-0.3, -0.25) is 4.79 Å². The third kappa shape index (κ3) is 2.65. The fourth-order valence-electron chi connectivity index (χ4n) is 1.21. The number of benzene rings is 1. The number of hydrogen-bond acceptors (Lipinski definition) is 5. The minimum Gasteiger partial charge on any atom is -0.363 e.